The number of carbonyl (C=O) groups is 3. The van der Waals surface area contributed by atoms with Crippen LogP contribution in [0.4, 0.5) is 0 Å². The Balaban J connectivity index is 1.89. The molecule has 1 unspecified atom stereocenters. The number of hydrogen-bond donors (Lipinski definition) is 2. The number of hydrogen-bond acceptors (Lipinski definition) is 6. The van der Waals surface area contributed by atoms with Gasteiger partial charge in [0.15, 0.2) is 11.3 Å². The van der Waals surface area contributed by atoms with E-state index in [2.05, 4.69) is 10.1 Å². The highest BCUT2D eigenvalue weighted by molar-refractivity contribution is 6.37. The number of benzene rings is 2. The van der Waals surface area contributed by atoms with Crippen LogP contribution in [0.5, 0.6) is 0 Å². The van der Waals surface area contributed by atoms with E-state index in [4.69, 9.17) is 15.9 Å². The number of oxazole rings is 1. The van der Waals surface area contributed by atoms with Crippen molar-refractivity contribution in [2.45, 2.75) is 19.3 Å². The monoisotopic (exact) mass is 417 g/mol. The zero-order valence-corrected chi connectivity index (χ0v) is 16.6. The van der Waals surface area contributed by atoms with Crippen molar-refractivity contribution in [1.29, 1.82) is 0 Å². The van der Waals surface area contributed by atoms with E-state index in [9.17, 15) is 14.4 Å². The van der Waals surface area contributed by atoms with Crippen LogP contribution in [0.15, 0.2) is 59.0 Å². The molecular weight excluding hydrogens is 398 g/mol. The normalized spacial score (nSPS) is 12.0. The maximum absolute atomic E-state index is 12.8. The number of nitrogens with zero attached hydrogens (tertiary/aromatic N) is 3. The van der Waals surface area contributed by atoms with E-state index >= 15 is 0 Å². The molecule has 0 saturated heterocycles. The second kappa shape index (κ2) is 7.86. The Kier molecular flexibility index (Phi) is 5.08. The zero-order valence-electron chi connectivity index (χ0n) is 16.6. The lowest BCUT2D eigenvalue weighted by Crippen LogP contribution is -2.31. The summed E-state index contributed by atoms with van der Waals surface area (Å²) in [6, 6.07) is 16.3. The minimum Gasteiger partial charge on any atom is -0.422 e. The molecule has 0 radical (unpaired) electrons. The van der Waals surface area contributed by atoms with Gasteiger partial charge in [0.2, 0.25) is 5.78 Å². The van der Waals surface area contributed by atoms with E-state index in [1.54, 1.807) is 25.1 Å². The van der Waals surface area contributed by atoms with Crippen LogP contribution >= 0.6 is 0 Å². The van der Waals surface area contributed by atoms with Gasteiger partial charge in [-0.25, -0.2) is 0 Å². The first-order valence-electron chi connectivity index (χ1n) is 9.49. The Morgan fingerprint density at radius 1 is 1.03 bits per heavy atom. The van der Waals surface area contributed by atoms with Crippen LogP contribution < -0.4 is 11.5 Å². The van der Waals surface area contributed by atoms with Gasteiger partial charge in [-0.15, -0.1) is 0 Å². The highest BCUT2D eigenvalue weighted by Crippen LogP contribution is 2.30. The molecule has 1 atom stereocenters. The number of ketones is 1. The maximum Gasteiger partial charge on any atom is 0.324 e. The Hall–Kier alpha value is -4.27. The van der Waals surface area contributed by atoms with Gasteiger partial charge in [0.05, 0.1) is 11.6 Å². The van der Waals surface area contributed by atoms with Crippen LogP contribution in [0.3, 0.4) is 0 Å². The van der Waals surface area contributed by atoms with E-state index in [1.807, 2.05) is 36.4 Å². The van der Waals surface area contributed by atoms with E-state index in [0.29, 0.717) is 16.8 Å². The van der Waals surface area contributed by atoms with Gasteiger partial charge in [-0.05, 0) is 31.0 Å². The molecule has 0 aliphatic rings. The molecular formula is C22H19N5O4. The molecule has 2 aromatic carbocycles. The molecule has 4 N–H and O–H groups in total. The average Bonchev–Trinajstić information content (AvgIpc) is 3.33. The third-order valence-corrected chi connectivity index (χ3v) is 5.05. The largest absolute Gasteiger partial charge is 0.422 e. The molecule has 156 valence electrons. The smallest absolute Gasteiger partial charge is 0.324 e. The van der Waals surface area contributed by atoms with E-state index in [1.165, 1.54) is 4.68 Å². The summed E-state index contributed by atoms with van der Waals surface area (Å²) in [4.78, 5) is 41.1. The lowest BCUT2D eigenvalue weighted by Gasteiger charge is -2.15. The van der Waals surface area contributed by atoms with Crippen LogP contribution in [0.1, 0.15) is 33.2 Å². The first-order valence-corrected chi connectivity index (χ1v) is 9.49. The summed E-state index contributed by atoms with van der Waals surface area (Å²) in [5, 5.41) is 4.26. The first-order chi connectivity index (χ1) is 14.9. The van der Waals surface area contributed by atoms with Crippen LogP contribution in [0.25, 0.3) is 17.1 Å². The summed E-state index contributed by atoms with van der Waals surface area (Å²) < 4.78 is 7.06. The molecule has 2 aromatic heterocycles. The Morgan fingerprint density at radius 3 is 2.35 bits per heavy atom. The van der Waals surface area contributed by atoms with Gasteiger partial charge in [0.1, 0.15) is 5.52 Å². The van der Waals surface area contributed by atoms with Crippen molar-refractivity contribution < 1.29 is 18.8 Å². The van der Waals surface area contributed by atoms with E-state index < -0.39 is 23.5 Å². The van der Waals surface area contributed by atoms with Crippen molar-refractivity contribution in [3.05, 3.63) is 77.1 Å². The molecule has 0 aliphatic heterocycles. The molecule has 0 aliphatic carbocycles. The highest BCUT2D eigenvalue weighted by Gasteiger charge is 2.34. The Labute approximate surface area is 176 Å². The van der Waals surface area contributed by atoms with Crippen molar-refractivity contribution in [3.8, 4) is 6.01 Å². The fourth-order valence-corrected chi connectivity index (χ4v) is 3.60. The average molecular weight is 417 g/mol. The summed E-state index contributed by atoms with van der Waals surface area (Å²) >= 11 is 0. The lowest BCUT2D eigenvalue weighted by molar-refractivity contribution is -0.136. The van der Waals surface area contributed by atoms with Gasteiger partial charge in [0.25, 0.3) is 11.8 Å². The third-order valence-electron chi connectivity index (χ3n) is 5.05. The second-order valence-corrected chi connectivity index (χ2v) is 7.06. The first kappa shape index (κ1) is 20.0. The number of nitrogens with two attached hydrogens (primary N) is 2. The minimum absolute atomic E-state index is 0.109. The fourth-order valence-electron chi connectivity index (χ4n) is 3.60. The van der Waals surface area contributed by atoms with Crippen molar-refractivity contribution >= 4 is 28.7 Å². The molecule has 2 amide bonds. The molecule has 9 heteroatoms. The second-order valence-electron chi connectivity index (χ2n) is 7.06. The number of fused-ring (bicyclic) bond motifs is 1. The third kappa shape index (κ3) is 3.68. The molecule has 9 nitrogen and oxygen atoms in total. The number of carbonyl (C=O) groups excluding carboxylic acids is 3. The van der Waals surface area contributed by atoms with Crippen LogP contribution in [0.2, 0.25) is 0 Å². The molecule has 4 aromatic rings. The molecule has 4 rings (SSSR count). The Bertz CT molecular complexity index is 1270. The predicted molar refractivity (Wildman–Crippen MR) is 111 cm³/mol. The summed E-state index contributed by atoms with van der Waals surface area (Å²) in [7, 11) is 0. The molecule has 0 saturated carbocycles. The van der Waals surface area contributed by atoms with Crippen molar-refractivity contribution in [2.75, 3.05) is 0 Å². The zero-order chi connectivity index (χ0) is 22.1. The summed E-state index contributed by atoms with van der Waals surface area (Å²) in [5.74, 6) is -3.83. The van der Waals surface area contributed by atoms with Gasteiger partial charge < -0.3 is 15.9 Å². The van der Waals surface area contributed by atoms with Crippen molar-refractivity contribution in [1.82, 2.24) is 14.8 Å². The Morgan fingerprint density at radius 2 is 1.71 bits per heavy atom. The van der Waals surface area contributed by atoms with Crippen LogP contribution in [0, 0.1) is 6.92 Å². The van der Waals surface area contributed by atoms with Gasteiger partial charge in [-0.2, -0.15) is 14.8 Å². The number of Topliss-reactive ketones (excluding diaryl/α,β-unsaturated/α-hetero) is 1. The summed E-state index contributed by atoms with van der Waals surface area (Å²) in [5.41, 5.74) is 13.3. The molecule has 0 spiro atoms. The lowest BCUT2D eigenvalue weighted by atomic mass is 9.86. The SMILES string of the molecule is Cc1c(C(Cc2ccccc2)C(=O)C(N)=O)c(C(N)=O)nn1-c1nc2ccccc2o1. The van der Waals surface area contributed by atoms with Gasteiger partial charge in [-0.1, -0.05) is 42.5 Å². The van der Waals surface area contributed by atoms with Gasteiger partial charge in [-0.3, -0.25) is 14.4 Å². The maximum atomic E-state index is 12.8. The quantitative estimate of drug-likeness (QED) is 0.438. The molecule has 0 bridgehead atoms. The van der Waals surface area contributed by atoms with Crippen molar-refractivity contribution in [2.24, 2.45) is 11.5 Å². The highest BCUT2D eigenvalue weighted by atomic mass is 16.4. The number of amides is 2. The van der Waals surface area contributed by atoms with E-state index in [0.717, 1.165) is 5.56 Å². The fraction of sp³-hybridized carbons (Fsp3) is 0.136. The number of rotatable bonds is 7. The van der Waals surface area contributed by atoms with Crippen LogP contribution in [-0.2, 0) is 16.0 Å². The standard InChI is InChI=1S/C22H19N5O4/c1-12-17(14(19(28)21(24)30)11-13-7-3-2-4-8-13)18(20(23)29)26-27(12)22-25-15-9-5-6-10-16(15)31-22/h2-10,14H,11H2,1H3,(H2,23,29)(H2,24,30). The predicted octanol–water partition coefficient (Wildman–Crippen LogP) is 1.80. The minimum atomic E-state index is -1.11. The van der Waals surface area contributed by atoms with Gasteiger partial charge >= 0.3 is 6.01 Å². The number of primary amides is 2. The number of aromatic nitrogens is 3. The van der Waals surface area contributed by atoms with Crippen molar-refractivity contribution in [3.63, 3.8) is 0 Å². The molecule has 0 fully saturated rings. The molecule has 31 heavy (non-hydrogen) atoms. The summed E-state index contributed by atoms with van der Waals surface area (Å²) in [6.45, 7) is 1.65. The molecule has 2 heterocycles. The van der Waals surface area contributed by atoms with Crippen LogP contribution in [-0.4, -0.2) is 32.4 Å². The topological polar surface area (TPSA) is 147 Å². The van der Waals surface area contributed by atoms with Gasteiger partial charge in [0, 0.05) is 5.56 Å². The number of para-hydroxylation sites is 2. The summed E-state index contributed by atoms with van der Waals surface area (Å²) in [6.07, 6.45) is 0.142. The van der Waals surface area contributed by atoms with E-state index in [-0.39, 0.29) is 23.7 Å².